The highest BCUT2D eigenvalue weighted by atomic mass is 16.5. The number of likely N-dealkylation sites (N-methyl/N-ethyl adjacent to an activating group) is 1. The Hall–Kier alpha value is -2.24. The van der Waals surface area contributed by atoms with E-state index in [0.717, 1.165) is 24.8 Å². The highest BCUT2D eigenvalue weighted by Gasteiger charge is 2.29. The van der Waals surface area contributed by atoms with Gasteiger partial charge in [-0.3, -0.25) is 9.59 Å². The first-order valence-corrected chi connectivity index (χ1v) is 8.77. The van der Waals surface area contributed by atoms with Crippen molar-refractivity contribution < 1.29 is 19.1 Å². The van der Waals surface area contributed by atoms with Crippen LogP contribution in [0.15, 0.2) is 18.2 Å². The van der Waals surface area contributed by atoms with Crippen LogP contribution in [-0.2, 0) is 16.0 Å². The first-order chi connectivity index (χ1) is 12.0. The number of nitrogens with zero attached hydrogens (tertiary/aromatic N) is 1. The normalized spacial score (nSPS) is 13.2. The van der Waals surface area contributed by atoms with Gasteiger partial charge in [0.25, 0.3) is 0 Å². The Bertz CT molecular complexity index is 599. The van der Waals surface area contributed by atoms with E-state index in [1.807, 2.05) is 25.2 Å². The zero-order chi connectivity index (χ0) is 18.2. The molecule has 0 aliphatic heterocycles. The van der Waals surface area contributed by atoms with Crippen molar-refractivity contribution in [2.24, 2.45) is 5.92 Å². The van der Waals surface area contributed by atoms with Crippen molar-refractivity contribution >= 4 is 11.8 Å². The number of rotatable bonds is 10. The predicted octanol–water partition coefficient (Wildman–Crippen LogP) is 2.01. The molecule has 6 heteroatoms. The molecule has 1 aromatic carbocycles. The molecule has 6 nitrogen and oxygen atoms in total. The third-order valence-electron chi connectivity index (χ3n) is 4.42. The number of amides is 2. The summed E-state index contributed by atoms with van der Waals surface area (Å²) in [6.45, 7) is 1.22. The van der Waals surface area contributed by atoms with Crippen molar-refractivity contribution in [2.75, 3.05) is 34.4 Å². The van der Waals surface area contributed by atoms with Crippen molar-refractivity contribution in [3.63, 3.8) is 0 Å². The lowest BCUT2D eigenvalue weighted by Crippen LogP contribution is -2.30. The van der Waals surface area contributed by atoms with Crippen LogP contribution in [0, 0.1) is 5.92 Å². The van der Waals surface area contributed by atoms with Crippen LogP contribution in [0.2, 0.25) is 0 Å². The minimum Gasteiger partial charge on any atom is -0.493 e. The summed E-state index contributed by atoms with van der Waals surface area (Å²) in [4.78, 5) is 25.4. The van der Waals surface area contributed by atoms with Gasteiger partial charge in [0.15, 0.2) is 11.5 Å². The Balaban J connectivity index is 1.68. The van der Waals surface area contributed by atoms with Crippen LogP contribution >= 0.6 is 0 Å². The summed E-state index contributed by atoms with van der Waals surface area (Å²) in [7, 11) is 5.03. The van der Waals surface area contributed by atoms with Crippen LogP contribution in [0.4, 0.5) is 0 Å². The molecular formula is C19H28N2O4. The summed E-state index contributed by atoms with van der Waals surface area (Å²) in [6, 6.07) is 5.79. The van der Waals surface area contributed by atoms with E-state index in [2.05, 4.69) is 5.32 Å². The molecule has 0 spiro atoms. The average Bonchev–Trinajstić information content (AvgIpc) is 3.47. The van der Waals surface area contributed by atoms with Gasteiger partial charge in [-0.25, -0.2) is 0 Å². The molecule has 1 fully saturated rings. The summed E-state index contributed by atoms with van der Waals surface area (Å²) in [5.41, 5.74) is 1.09. The zero-order valence-corrected chi connectivity index (χ0v) is 15.3. The van der Waals surface area contributed by atoms with E-state index in [1.54, 1.807) is 19.1 Å². The van der Waals surface area contributed by atoms with Gasteiger partial charge in [0.05, 0.1) is 14.2 Å². The summed E-state index contributed by atoms with van der Waals surface area (Å²) in [5.74, 6) is 1.85. The number of hydrogen-bond donors (Lipinski definition) is 1. The Morgan fingerprint density at radius 1 is 1.20 bits per heavy atom. The second kappa shape index (κ2) is 9.30. The van der Waals surface area contributed by atoms with Gasteiger partial charge in [0.1, 0.15) is 0 Å². The van der Waals surface area contributed by atoms with E-state index in [1.165, 1.54) is 0 Å². The standard InChI is InChI=1S/C19H28N2O4/c1-21(18(22)5-4-11-20-19(23)15-7-8-15)12-10-14-6-9-16(24-2)17(13-14)25-3/h6,9,13,15H,4-5,7-8,10-12H2,1-3H3,(H,20,23). The van der Waals surface area contributed by atoms with Crippen molar-refractivity contribution in [1.29, 1.82) is 0 Å². The summed E-state index contributed by atoms with van der Waals surface area (Å²) < 4.78 is 10.5. The quantitative estimate of drug-likeness (QED) is 0.657. The van der Waals surface area contributed by atoms with Gasteiger partial charge >= 0.3 is 0 Å². The van der Waals surface area contributed by atoms with E-state index in [0.29, 0.717) is 37.4 Å². The lowest BCUT2D eigenvalue weighted by Gasteiger charge is -2.18. The second-order valence-electron chi connectivity index (χ2n) is 6.42. The van der Waals surface area contributed by atoms with Crippen LogP contribution in [0.5, 0.6) is 11.5 Å². The molecule has 0 heterocycles. The third-order valence-corrected chi connectivity index (χ3v) is 4.42. The molecule has 25 heavy (non-hydrogen) atoms. The molecule has 0 atom stereocenters. The lowest BCUT2D eigenvalue weighted by molar-refractivity contribution is -0.130. The van der Waals surface area contributed by atoms with Crippen LogP contribution in [0.1, 0.15) is 31.2 Å². The zero-order valence-electron chi connectivity index (χ0n) is 15.3. The smallest absolute Gasteiger partial charge is 0.223 e. The minimum atomic E-state index is 0.0983. The van der Waals surface area contributed by atoms with Crippen LogP contribution in [0.3, 0.4) is 0 Å². The molecule has 1 aliphatic rings. The highest BCUT2D eigenvalue weighted by Crippen LogP contribution is 2.29. The molecule has 0 bridgehead atoms. The Morgan fingerprint density at radius 2 is 1.92 bits per heavy atom. The highest BCUT2D eigenvalue weighted by molar-refractivity contribution is 5.81. The fourth-order valence-corrected chi connectivity index (χ4v) is 2.59. The topological polar surface area (TPSA) is 67.9 Å². The van der Waals surface area contributed by atoms with Crippen LogP contribution in [0.25, 0.3) is 0 Å². The van der Waals surface area contributed by atoms with Crippen molar-refractivity contribution in [3.05, 3.63) is 23.8 Å². The molecule has 2 rings (SSSR count). The number of carbonyl (C=O) groups excluding carboxylic acids is 2. The fourth-order valence-electron chi connectivity index (χ4n) is 2.59. The summed E-state index contributed by atoms with van der Waals surface area (Å²) in [6.07, 6.45) is 3.89. The molecule has 0 radical (unpaired) electrons. The molecule has 1 saturated carbocycles. The second-order valence-corrected chi connectivity index (χ2v) is 6.42. The van der Waals surface area contributed by atoms with E-state index < -0.39 is 0 Å². The van der Waals surface area contributed by atoms with Gasteiger partial charge in [-0.15, -0.1) is 0 Å². The summed E-state index contributed by atoms with van der Waals surface area (Å²) >= 11 is 0. The van der Waals surface area contributed by atoms with Gasteiger partial charge in [-0.1, -0.05) is 6.07 Å². The maximum absolute atomic E-state index is 12.1. The maximum atomic E-state index is 12.1. The average molecular weight is 348 g/mol. The molecule has 1 aliphatic carbocycles. The van der Waals surface area contributed by atoms with Gasteiger partial charge < -0.3 is 19.7 Å². The summed E-state index contributed by atoms with van der Waals surface area (Å²) in [5, 5.41) is 2.88. The minimum absolute atomic E-state index is 0.0983. The van der Waals surface area contributed by atoms with Crippen LogP contribution < -0.4 is 14.8 Å². The largest absolute Gasteiger partial charge is 0.493 e. The first kappa shape index (κ1) is 19.1. The molecule has 0 unspecified atom stereocenters. The van der Waals surface area contributed by atoms with Crippen molar-refractivity contribution in [2.45, 2.75) is 32.1 Å². The monoisotopic (exact) mass is 348 g/mol. The van der Waals surface area contributed by atoms with Crippen molar-refractivity contribution in [3.8, 4) is 11.5 Å². The van der Waals surface area contributed by atoms with Gasteiger partial charge in [0.2, 0.25) is 11.8 Å². The number of ether oxygens (including phenoxy) is 2. The Morgan fingerprint density at radius 3 is 2.56 bits per heavy atom. The van der Waals surface area contributed by atoms with E-state index in [-0.39, 0.29) is 17.7 Å². The third kappa shape index (κ3) is 5.96. The number of nitrogens with one attached hydrogen (secondary N) is 1. The van der Waals surface area contributed by atoms with E-state index in [4.69, 9.17) is 9.47 Å². The van der Waals surface area contributed by atoms with E-state index >= 15 is 0 Å². The maximum Gasteiger partial charge on any atom is 0.223 e. The molecule has 1 aromatic rings. The predicted molar refractivity (Wildman–Crippen MR) is 95.9 cm³/mol. The van der Waals surface area contributed by atoms with Crippen LogP contribution in [-0.4, -0.2) is 51.1 Å². The lowest BCUT2D eigenvalue weighted by atomic mass is 10.1. The molecular weight excluding hydrogens is 320 g/mol. The Kier molecular flexibility index (Phi) is 7.10. The van der Waals surface area contributed by atoms with Gasteiger partial charge in [-0.2, -0.15) is 0 Å². The molecule has 0 saturated heterocycles. The van der Waals surface area contributed by atoms with Gasteiger partial charge in [0, 0.05) is 32.5 Å². The SMILES string of the molecule is COc1ccc(CCN(C)C(=O)CCCNC(=O)C2CC2)cc1OC. The number of benzene rings is 1. The number of methoxy groups -OCH3 is 2. The molecule has 138 valence electrons. The molecule has 0 aromatic heterocycles. The van der Waals surface area contributed by atoms with Gasteiger partial charge in [-0.05, 0) is 43.4 Å². The Labute approximate surface area is 149 Å². The van der Waals surface area contributed by atoms with Crippen molar-refractivity contribution in [1.82, 2.24) is 10.2 Å². The van der Waals surface area contributed by atoms with E-state index in [9.17, 15) is 9.59 Å². The first-order valence-electron chi connectivity index (χ1n) is 8.77. The number of carbonyl (C=O) groups is 2. The number of hydrogen-bond acceptors (Lipinski definition) is 4. The fraction of sp³-hybridized carbons (Fsp3) is 0.579. The molecule has 1 N–H and O–H groups in total. The molecule has 2 amide bonds.